The number of carbonyl (C=O) groups is 2. The second-order valence-corrected chi connectivity index (χ2v) is 5.69. The van der Waals surface area contributed by atoms with Gasteiger partial charge in [-0.2, -0.15) is 0 Å². The van der Waals surface area contributed by atoms with E-state index in [1.165, 1.54) is 19.3 Å². The highest BCUT2D eigenvalue weighted by atomic mass is 35.5. The molecular formula is C15H18ClNO4. The summed E-state index contributed by atoms with van der Waals surface area (Å²) in [6.45, 7) is 5.32. The molecule has 1 rings (SSSR count). The Morgan fingerprint density at radius 1 is 1.24 bits per heavy atom. The number of ether oxygens (including phenoxy) is 2. The van der Waals surface area contributed by atoms with Crippen LogP contribution in [0.4, 0.5) is 10.5 Å². The van der Waals surface area contributed by atoms with E-state index in [1.54, 1.807) is 39.0 Å². The van der Waals surface area contributed by atoms with Crippen LogP contribution >= 0.6 is 11.6 Å². The summed E-state index contributed by atoms with van der Waals surface area (Å²) in [5, 5.41) is 3.01. The van der Waals surface area contributed by atoms with E-state index < -0.39 is 17.7 Å². The maximum atomic E-state index is 11.7. The fourth-order valence-electron chi connectivity index (χ4n) is 1.43. The summed E-state index contributed by atoms with van der Waals surface area (Å²) in [5.74, 6) is -0.475. The number of anilines is 1. The Bertz CT molecular complexity index is 561. The van der Waals surface area contributed by atoms with Crippen LogP contribution < -0.4 is 5.32 Å². The van der Waals surface area contributed by atoms with Crippen molar-refractivity contribution in [2.45, 2.75) is 26.4 Å². The summed E-state index contributed by atoms with van der Waals surface area (Å²) in [7, 11) is 1.29. The Morgan fingerprint density at radius 2 is 1.90 bits per heavy atom. The minimum absolute atomic E-state index is 0.424. The number of hydrogen-bond donors (Lipinski definition) is 1. The SMILES string of the molecule is COC(=O)/C=C/c1cc(Cl)cc(NC(=O)OC(C)(C)C)c1. The lowest BCUT2D eigenvalue weighted by molar-refractivity contribution is -0.134. The highest BCUT2D eigenvalue weighted by molar-refractivity contribution is 6.31. The van der Waals surface area contributed by atoms with Gasteiger partial charge in [-0.25, -0.2) is 9.59 Å². The van der Waals surface area contributed by atoms with Gasteiger partial charge in [-0.3, -0.25) is 5.32 Å². The van der Waals surface area contributed by atoms with Crippen LogP contribution in [-0.4, -0.2) is 24.8 Å². The van der Waals surface area contributed by atoms with Gasteiger partial charge in [0.25, 0.3) is 0 Å². The molecule has 0 saturated heterocycles. The molecule has 5 nitrogen and oxygen atoms in total. The molecular weight excluding hydrogens is 294 g/mol. The van der Waals surface area contributed by atoms with Crippen molar-refractivity contribution in [3.8, 4) is 0 Å². The minimum Gasteiger partial charge on any atom is -0.466 e. The lowest BCUT2D eigenvalue weighted by Gasteiger charge is -2.19. The smallest absolute Gasteiger partial charge is 0.412 e. The van der Waals surface area contributed by atoms with E-state index in [1.807, 2.05) is 0 Å². The first-order valence-electron chi connectivity index (χ1n) is 6.26. The number of benzene rings is 1. The summed E-state index contributed by atoms with van der Waals surface area (Å²) < 4.78 is 9.66. The third-order valence-corrected chi connectivity index (χ3v) is 2.40. The molecule has 6 heteroatoms. The van der Waals surface area contributed by atoms with Gasteiger partial charge in [0.1, 0.15) is 5.60 Å². The number of halogens is 1. The molecule has 0 aromatic heterocycles. The molecule has 1 N–H and O–H groups in total. The van der Waals surface area contributed by atoms with Crippen molar-refractivity contribution in [1.82, 2.24) is 0 Å². The summed E-state index contributed by atoms with van der Waals surface area (Å²) in [6.07, 6.45) is 2.23. The van der Waals surface area contributed by atoms with Crippen molar-refractivity contribution in [3.05, 3.63) is 34.9 Å². The van der Waals surface area contributed by atoms with Crippen molar-refractivity contribution in [1.29, 1.82) is 0 Å². The van der Waals surface area contributed by atoms with Crippen LogP contribution in [-0.2, 0) is 14.3 Å². The number of esters is 1. The molecule has 1 aromatic carbocycles. The highest BCUT2D eigenvalue weighted by Crippen LogP contribution is 2.21. The van der Waals surface area contributed by atoms with Gasteiger partial charge >= 0.3 is 12.1 Å². The predicted octanol–water partition coefficient (Wildman–Crippen LogP) is 3.87. The normalized spacial score (nSPS) is 11.3. The first kappa shape index (κ1) is 17.0. The van der Waals surface area contributed by atoms with Gasteiger partial charge < -0.3 is 9.47 Å². The van der Waals surface area contributed by atoms with Gasteiger partial charge in [-0.15, -0.1) is 0 Å². The molecule has 0 saturated carbocycles. The van der Waals surface area contributed by atoms with Crippen molar-refractivity contribution < 1.29 is 19.1 Å². The molecule has 0 unspecified atom stereocenters. The average Bonchev–Trinajstić information content (AvgIpc) is 2.32. The maximum Gasteiger partial charge on any atom is 0.412 e. The Labute approximate surface area is 128 Å². The zero-order chi connectivity index (χ0) is 16.0. The van der Waals surface area contributed by atoms with Crippen LogP contribution in [0, 0.1) is 0 Å². The molecule has 0 aliphatic heterocycles. The van der Waals surface area contributed by atoms with Gasteiger partial charge in [0, 0.05) is 16.8 Å². The molecule has 21 heavy (non-hydrogen) atoms. The molecule has 0 aliphatic rings. The van der Waals surface area contributed by atoms with Crippen molar-refractivity contribution >= 4 is 35.4 Å². The first-order chi connectivity index (χ1) is 9.69. The fraction of sp³-hybridized carbons (Fsp3) is 0.333. The van der Waals surface area contributed by atoms with Gasteiger partial charge in [-0.05, 0) is 50.6 Å². The maximum absolute atomic E-state index is 11.7. The Kier molecular flexibility index (Phi) is 5.79. The quantitative estimate of drug-likeness (QED) is 0.679. The number of hydrogen-bond acceptors (Lipinski definition) is 4. The molecule has 0 radical (unpaired) electrons. The van der Waals surface area contributed by atoms with Crippen LogP contribution in [0.25, 0.3) is 6.08 Å². The summed E-state index contributed by atoms with van der Waals surface area (Å²) in [5.41, 5.74) is 0.538. The Balaban J connectivity index is 2.85. The van der Waals surface area contributed by atoms with Crippen molar-refractivity contribution in [3.63, 3.8) is 0 Å². The Hall–Kier alpha value is -2.01. The van der Waals surface area contributed by atoms with Gasteiger partial charge in [0.05, 0.1) is 7.11 Å². The van der Waals surface area contributed by atoms with Crippen molar-refractivity contribution in [2.24, 2.45) is 0 Å². The van der Waals surface area contributed by atoms with Gasteiger partial charge in [0.15, 0.2) is 0 Å². The molecule has 0 bridgehead atoms. The number of rotatable bonds is 3. The van der Waals surface area contributed by atoms with E-state index >= 15 is 0 Å². The molecule has 1 amide bonds. The lowest BCUT2D eigenvalue weighted by atomic mass is 10.2. The molecule has 114 valence electrons. The minimum atomic E-state index is -0.587. The van der Waals surface area contributed by atoms with Crippen LogP contribution in [0.15, 0.2) is 24.3 Å². The number of carbonyl (C=O) groups excluding carboxylic acids is 2. The monoisotopic (exact) mass is 311 g/mol. The molecule has 0 spiro atoms. The largest absolute Gasteiger partial charge is 0.466 e. The average molecular weight is 312 g/mol. The Morgan fingerprint density at radius 3 is 2.48 bits per heavy atom. The molecule has 0 heterocycles. The third-order valence-electron chi connectivity index (χ3n) is 2.18. The zero-order valence-corrected chi connectivity index (χ0v) is 13.2. The zero-order valence-electron chi connectivity index (χ0n) is 12.4. The molecule has 0 aliphatic carbocycles. The number of amides is 1. The second kappa shape index (κ2) is 7.13. The van der Waals surface area contributed by atoms with E-state index in [2.05, 4.69) is 10.1 Å². The van der Waals surface area contributed by atoms with E-state index in [4.69, 9.17) is 16.3 Å². The second-order valence-electron chi connectivity index (χ2n) is 5.26. The van der Waals surface area contributed by atoms with E-state index in [-0.39, 0.29) is 0 Å². The molecule has 0 atom stereocenters. The van der Waals surface area contributed by atoms with Gasteiger partial charge in [0.2, 0.25) is 0 Å². The summed E-state index contributed by atoms with van der Waals surface area (Å²) >= 11 is 5.97. The van der Waals surface area contributed by atoms with Gasteiger partial charge in [-0.1, -0.05) is 11.6 Å². The van der Waals surface area contributed by atoms with Crippen LogP contribution in [0.1, 0.15) is 26.3 Å². The third kappa shape index (κ3) is 6.81. The topological polar surface area (TPSA) is 64.6 Å². The lowest BCUT2D eigenvalue weighted by Crippen LogP contribution is -2.27. The van der Waals surface area contributed by atoms with Crippen LogP contribution in [0.2, 0.25) is 5.02 Å². The number of methoxy groups -OCH3 is 1. The van der Waals surface area contributed by atoms with E-state index in [9.17, 15) is 9.59 Å². The molecule has 1 aromatic rings. The van der Waals surface area contributed by atoms with Crippen molar-refractivity contribution in [2.75, 3.05) is 12.4 Å². The van der Waals surface area contributed by atoms with E-state index in [0.29, 0.717) is 16.3 Å². The first-order valence-corrected chi connectivity index (χ1v) is 6.64. The van der Waals surface area contributed by atoms with Crippen LogP contribution in [0.5, 0.6) is 0 Å². The van der Waals surface area contributed by atoms with Crippen LogP contribution in [0.3, 0.4) is 0 Å². The fourth-order valence-corrected chi connectivity index (χ4v) is 1.68. The summed E-state index contributed by atoms with van der Waals surface area (Å²) in [4.78, 5) is 22.8. The standard InChI is InChI=1S/C15H18ClNO4/c1-15(2,3)21-14(19)17-12-8-10(7-11(16)9-12)5-6-13(18)20-4/h5-9H,1-4H3,(H,17,19)/b6-5+. The highest BCUT2D eigenvalue weighted by Gasteiger charge is 2.16. The summed E-state index contributed by atoms with van der Waals surface area (Å²) in [6, 6.07) is 4.90. The predicted molar refractivity (Wildman–Crippen MR) is 82.4 cm³/mol. The number of nitrogens with one attached hydrogen (secondary N) is 1. The molecule has 0 fully saturated rings. The van der Waals surface area contributed by atoms with E-state index in [0.717, 1.165) is 0 Å².